The molecule has 0 bridgehead atoms. The SMILES string of the molecule is Cn1c(C=C(OC(=O)c2ccc(Cl)cc2)c2ccc(Cl)cc2)nc2ccccc21. The fourth-order valence-electron chi connectivity index (χ4n) is 2.94. The number of imidazole rings is 1. The number of benzene rings is 3. The number of fused-ring (bicyclic) bond motifs is 1. The first kappa shape index (κ1) is 19.2. The molecule has 29 heavy (non-hydrogen) atoms. The molecule has 4 rings (SSSR count). The first-order chi connectivity index (χ1) is 14.0. The fourth-order valence-corrected chi connectivity index (χ4v) is 3.19. The lowest BCUT2D eigenvalue weighted by atomic mass is 10.1. The van der Waals surface area contributed by atoms with Crippen LogP contribution in [0.4, 0.5) is 0 Å². The summed E-state index contributed by atoms with van der Waals surface area (Å²) in [4.78, 5) is 17.3. The van der Waals surface area contributed by atoms with Gasteiger partial charge in [0.05, 0.1) is 16.6 Å². The molecule has 6 heteroatoms. The fraction of sp³-hybridized carbons (Fsp3) is 0.0435. The Bertz CT molecular complexity index is 1210. The van der Waals surface area contributed by atoms with Crippen LogP contribution < -0.4 is 0 Å². The average molecular weight is 423 g/mol. The van der Waals surface area contributed by atoms with Crippen molar-refractivity contribution in [1.82, 2.24) is 9.55 Å². The van der Waals surface area contributed by atoms with Crippen LogP contribution >= 0.6 is 23.2 Å². The van der Waals surface area contributed by atoms with Gasteiger partial charge in [-0.2, -0.15) is 0 Å². The lowest BCUT2D eigenvalue weighted by Crippen LogP contribution is -2.05. The van der Waals surface area contributed by atoms with Crippen LogP contribution in [-0.2, 0) is 11.8 Å². The van der Waals surface area contributed by atoms with Crippen LogP contribution in [0.1, 0.15) is 21.7 Å². The van der Waals surface area contributed by atoms with Crippen molar-refractivity contribution < 1.29 is 9.53 Å². The highest BCUT2D eigenvalue weighted by Gasteiger charge is 2.15. The monoisotopic (exact) mass is 422 g/mol. The number of carbonyl (C=O) groups is 1. The van der Waals surface area contributed by atoms with Crippen LogP contribution in [-0.4, -0.2) is 15.5 Å². The highest BCUT2D eigenvalue weighted by molar-refractivity contribution is 6.31. The van der Waals surface area contributed by atoms with Crippen LogP contribution in [0.25, 0.3) is 22.9 Å². The van der Waals surface area contributed by atoms with Crippen LogP contribution in [0, 0.1) is 0 Å². The van der Waals surface area contributed by atoms with Gasteiger partial charge in [-0.25, -0.2) is 9.78 Å². The molecule has 0 aliphatic heterocycles. The third-order valence-corrected chi connectivity index (χ3v) is 5.00. The Morgan fingerprint density at radius 3 is 2.10 bits per heavy atom. The first-order valence-corrected chi connectivity index (χ1v) is 9.64. The van der Waals surface area contributed by atoms with Crippen molar-refractivity contribution >= 4 is 52.0 Å². The van der Waals surface area contributed by atoms with E-state index in [4.69, 9.17) is 27.9 Å². The Morgan fingerprint density at radius 2 is 1.48 bits per heavy atom. The van der Waals surface area contributed by atoms with E-state index in [1.54, 1.807) is 54.6 Å². The third kappa shape index (κ3) is 4.19. The maximum absolute atomic E-state index is 12.7. The highest BCUT2D eigenvalue weighted by atomic mass is 35.5. The van der Waals surface area contributed by atoms with Gasteiger partial charge in [0.25, 0.3) is 0 Å². The third-order valence-electron chi connectivity index (χ3n) is 4.49. The Labute approximate surface area is 178 Å². The zero-order valence-corrected chi connectivity index (χ0v) is 17.0. The van der Waals surface area contributed by atoms with Crippen molar-refractivity contribution in [2.24, 2.45) is 7.05 Å². The van der Waals surface area contributed by atoms with E-state index in [9.17, 15) is 4.79 Å². The number of para-hydroxylation sites is 2. The van der Waals surface area contributed by atoms with Crippen molar-refractivity contribution in [2.75, 3.05) is 0 Å². The van der Waals surface area contributed by atoms with Crippen LogP contribution in [0.5, 0.6) is 0 Å². The van der Waals surface area contributed by atoms with E-state index in [0.717, 1.165) is 11.0 Å². The van der Waals surface area contributed by atoms with Gasteiger partial charge in [0.1, 0.15) is 11.6 Å². The molecular formula is C23H16Cl2N2O2. The molecular weight excluding hydrogens is 407 g/mol. The van der Waals surface area contributed by atoms with Crippen LogP contribution in [0.3, 0.4) is 0 Å². The molecule has 1 aromatic heterocycles. The van der Waals surface area contributed by atoms with Crippen molar-refractivity contribution in [1.29, 1.82) is 0 Å². The number of halogens is 2. The molecule has 0 amide bonds. The van der Waals surface area contributed by atoms with Gasteiger partial charge in [-0.1, -0.05) is 35.3 Å². The molecule has 0 spiro atoms. The quantitative estimate of drug-likeness (QED) is 0.289. The minimum absolute atomic E-state index is 0.375. The first-order valence-electron chi connectivity index (χ1n) is 8.88. The Kier molecular flexibility index (Phi) is 5.38. The predicted octanol–water partition coefficient (Wildman–Crippen LogP) is 6.24. The minimum Gasteiger partial charge on any atom is -0.422 e. The van der Waals surface area contributed by atoms with E-state index in [0.29, 0.717) is 32.8 Å². The molecule has 0 fully saturated rings. The molecule has 0 aliphatic carbocycles. The summed E-state index contributed by atoms with van der Waals surface area (Å²) >= 11 is 11.9. The number of ether oxygens (including phenoxy) is 1. The molecule has 1 heterocycles. The van der Waals surface area contributed by atoms with Crippen molar-refractivity contribution in [2.45, 2.75) is 0 Å². The molecule has 0 N–H and O–H groups in total. The molecule has 0 aliphatic rings. The number of hydrogen-bond donors (Lipinski definition) is 0. The maximum Gasteiger partial charge on any atom is 0.343 e. The second-order valence-corrected chi connectivity index (χ2v) is 7.30. The summed E-state index contributed by atoms with van der Waals surface area (Å²) in [6, 6.07) is 21.4. The predicted molar refractivity (Wildman–Crippen MR) is 117 cm³/mol. The van der Waals surface area contributed by atoms with Gasteiger partial charge < -0.3 is 9.30 Å². The van der Waals surface area contributed by atoms with E-state index in [1.165, 1.54) is 0 Å². The Balaban J connectivity index is 1.76. The average Bonchev–Trinajstić information content (AvgIpc) is 3.04. The molecule has 0 saturated carbocycles. The summed E-state index contributed by atoms with van der Waals surface area (Å²) in [7, 11) is 1.92. The second kappa shape index (κ2) is 8.11. The largest absolute Gasteiger partial charge is 0.422 e. The normalized spacial score (nSPS) is 11.6. The lowest BCUT2D eigenvalue weighted by molar-refractivity contribution is 0.0693. The number of nitrogens with zero attached hydrogens (tertiary/aromatic N) is 2. The molecule has 0 radical (unpaired) electrons. The van der Waals surface area contributed by atoms with Gasteiger partial charge in [0.2, 0.25) is 0 Å². The topological polar surface area (TPSA) is 44.1 Å². The smallest absolute Gasteiger partial charge is 0.343 e. The van der Waals surface area contributed by atoms with Gasteiger partial charge in [-0.3, -0.25) is 0 Å². The number of hydrogen-bond acceptors (Lipinski definition) is 3. The number of rotatable bonds is 4. The number of esters is 1. The number of aromatic nitrogens is 2. The molecule has 0 saturated heterocycles. The van der Waals surface area contributed by atoms with Crippen molar-refractivity contribution in [3.8, 4) is 0 Å². The Morgan fingerprint density at radius 1 is 0.897 bits per heavy atom. The summed E-state index contributed by atoms with van der Waals surface area (Å²) < 4.78 is 7.69. The van der Waals surface area contributed by atoms with E-state index in [1.807, 2.05) is 35.9 Å². The molecule has 0 unspecified atom stereocenters. The van der Waals surface area contributed by atoms with E-state index in [-0.39, 0.29) is 0 Å². The lowest BCUT2D eigenvalue weighted by Gasteiger charge is -2.10. The Hall–Kier alpha value is -3.08. The van der Waals surface area contributed by atoms with E-state index in [2.05, 4.69) is 4.98 Å². The number of aryl methyl sites for hydroxylation is 1. The molecule has 4 aromatic rings. The summed E-state index contributed by atoms with van der Waals surface area (Å²) in [6.45, 7) is 0. The van der Waals surface area contributed by atoms with E-state index >= 15 is 0 Å². The van der Waals surface area contributed by atoms with Crippen molar-refractivity contribution in [3.63, 3.8) is 0 Å². The highest BCUT2D eigenvalue weighted by Crippen LogP contribution is 2.25. The molecule has 0 atom stereocenters. The second-order valence-electron chi connectivity index (χ2n) is 6.43. The van der Waals surface area contributed by atoms with Gasteiger partial charge >= 0.3 is 5.97 Å². The van der Waals surface area contributed by atoms with Gasteiger partial charge in [-0.05, 0) is 60.7 Å². The summed E-state index contributed by atoms with van der Waals surface area (Å²) in [6.07, 6.45) is 1.75. The van der Waals surface area contributed by atoms with Crippen LogP contribution in [0.15, 0.2) is 72.8 Å². The zero-order valence-electron chi connectivity index (χ0n) is 15.5. The zero-order chi connectivity index (χ0) is 20.4. The maximum atomic E-state index is 12.7. The standard InChI is InChI=1S/C23H16Cl2N2O2/c1-27-20-5-3-2-4-19(20)26-22(27)14-21(15-6-10-17(24)11-7-15)29-23(28)16-8-12-18(25)13-9-16/h2-14H,1H3. The summed E-state index contributed by atoms with van der Waals surface area (Å²) in [5, 5.41) is 1.15. The molecule has 4 nitrogen and oxygen atoms in total. The van der Waals surface area contributed by atoms with E-state index < -0.39 is 5.97 Å². The summed E-state index contributed by atoms with van der Waals surface area (Å²) in [5.74, 6) is 0.557. The molecule has 3 aromatic carbocycles. The molecule has 144 valence electrons. The number of carbonyl (C=O) groups excluding carboxylic acids is 1. The summed E-state index contributed by atoms with van der Waals surface area (Å²) in [5.41, 5.74) is 2.96. The minimum atomic E-state index is -0.485. The van der Waals surface area contributed by atoms with Gasteiger partial charge in [0.15, 0.2) is 0 Å². The van der Waals surface area contributed by atoms with Gasteiger partial charge in [-0.15, -0.1) is 0 Å². The van der Waals surface area contributed by atoms with Gasteiger partial charge in [0, 0.05) is 28.7 Å². The van der Waals surface area contributed by atoms with Crippen molar-refractivity contribution in [3.05, 3.63) is 99.8 Å². The van der Waals surface area contributed by atoms with Crippen LogP contribution in [0.2, 0.25) is 10.0 Å².